The minimum absolute atomic E-state index is 0.0491. The molecule has 0 saturated carbocycles. The van der Waals surface area contributed by atoms with Crippen LogP contribution in [0, 0.1) is 0 Å². The first-order chi connectivity index (χ1) is 25.3. The summed E-state index contributed by atoms with van der Waals surface area (Å²) in [5.41, 5.74) is 5.13. The number of nitrogens with one attached hydrogen (secondary N) is 3. The van der Waals surface area contributed by atoms with E-state index in [-0.39, 0.29) is 57.2 Å². The summed E-state index contributed by atoms with van der Waals surface area (Å²) in [4.78, 5) is 57.0. The van der Waals surface area contributed by atoms with E-state index in [1.54, 1.807) is 0 Å². The van der Waals surface area contributed by atoms with Crippen molar-refractivity contribution in [3.8, 4) is 0 Å². The zero-order valence-electron chi connectivity index (χ0n) is 31.6. The smallest absolute Gasteiger partial charge is 0.303 e. The van der Waals surface area contributed by atoms with Gasteiger partial charge in [0.2, 0.25) is 23.6 Å². The molecule has 15 heteroatoms. The molecule has 0 spiro atoms. The van der Waals surface area contributed by atoms with Crippen molar-refractivity contribution in [2.45, 2.75) is 134 Å². The number of carbonyl (C=O) groups excluding carboxylic acids is 4. The fourth-order valence-corrected chi connectivity index (χ4v) is 5.54. The van der Waals surface area contributed by atoms with Gasteiger partial charge in [-0.15, -0.1) is 0 Å². The van der Waals surface area contributed by atoms with Crippen LogP contribution >= 0.6 is 12.6 Å². The maximum Gasteiger partial charge on any atom is 0.303 e. The van der Waals surface area contributed by atoms with Gasteiger partial charge in [-0.2, -0.15) is 12.6 Å². The Bertz CT molecular complexity index is 916. The van der Waals surface area contributed by atoms with Gasteiger partial charge in [-0.1, -0.05) is 103 Å². The molecule has 0 radical (unpaired) electrons. The standard InChI is InChI=1S/C37H70N4O10S/c38-37(47)32(31-52)41-35(44)30-51-28-26-49-24-22-40-34(43)29-50-27-25-48-23-21-39-33(42)19-17-15-13-11-9-7-5-3-1-2-4-6-8-10-12-14-16-18-20-36(45)46/h32,52H,1-31H2,(H2,38,47)(H,39,42)(H,40,43)(H,41,44)(H,45,46)/t32-/m0/s1. The predicted molar refractivity (Wildman–Crippen MR) is 204 cm³/mol. The molecule has 0 aliphatic heterocycles. The van der Waals surface area contributed by atoms with Gasteiger partial charge in [0.1, 0.15) is 19.3 Å². The van der Waals surface area contributed by atoms with Crippen LogP contribution in [0.5, 0.6) is 0 Å². The highest BCUT2D eigenvalue weighted by atomic mass is 32.1. The highest BCUT2D eigenvalue weighted by molar-refractivity contribution is 7.80. The average molecular weight is 763 g/mol. The average Bonchev–Trinajstić information content (AvgIpc) is 3.11. The molecular formula is C37H70N4O10S. The van der Waals surface area contributed by atoms with Crippen LogP contribution in [0.2, 0.25) is 0 Å². The van der Waals surface area contributed by atoms with Crippen molar-refractivity contribution in [1.29, 1.82) is 0 Å². The van der Waals surface area contributed by atoms with Crippen LogP contribution in [-0.4, -0.2) is 112 Å². The minimum Gasteiger partial charge on any atom is -0.481 e. The van der Waals surface area contributed by atoms with Crippen molar-refractivity contribution in [3.05, 3.63) is 0 Å². The minimum atomic E-state index is -0.845. The molecule has 4 amide bonds. The highest BCUT2D eigenvalue weighted by Gasteiger charge is 2.15. The fourth-order valence-electron chi connectivity index (χ4n) is 5.27. The van der Waals surface area contributed by atoms with Gasteiger partial charge in [0.25, 0.3) is 0 Å². The Morgan fingerprint density at radius 2 is 0.865 bits per heavy atom. The van der Waals surface area contributed by atoms with Crippen LogP contribution in [-0.2, 0) is 42.9 Å². The van der Waals surface area contributed by atoms with Gasteiger partial charge in [-0.3, -0.25) is 24.0 Å². The van der Waals surface area contributed by atoms with Gasteiger partial charge in [0.05, 0.1) is 39.6 Å². The summed E-state index contributed by atoms with van der Waals surface area (Å²) < 4.78 is 21.2. The number of primary amides is 1. The zero-order valence-corrected chi connectivity index (χ0v) is 32.5. The molecule has 0 fully saturated rings. The Hall–Kier alpha value is -2.46. The Balaban J connectivity index is 3.32. The molecule has 6 N–H and O–H groups in total. The summed E-state index contributed by atoms with van der Waals surface area (Å²) in [5, 5.41) is 16.6. The molecule has 0 aliphatic rings. The summed E-state index contributed by atoms with van der Waals surface area (Å²) in [7, 11) is 0. The van der Waals surface area contributed by atoms with E-state index < -0.39 is 23.8 Å². The molecule has 14 nitrogen and oxygen atoms in total. The molecule has 0 aromatic rings. The lowest BCUT2D eigenvalue weighted by molar-refractivity contribution is -0.137. The largest absolute Gasteiger partial charge is 0.481 e. The topological polar surface area (TPSA) is 205 Å². The van der Waals surface area contributed by atoms with Gasteiger partial charge in [-0.25, -0.2) is 0 Å². The summed E-state index contributed by atoms with van der Waals surface area (Å²) in [6, 6.07) is -0.845. The fraction of sp³-hybridized carbons (Fsp3) is 0.865. The Morgan fingerprint density at radius 3 is 1.27 bits per heavy atom. The molecule has 0 unspecified atom stereocenters. The third-order valence-electron chi connectivity index (χ3n) is 8.25. The molecule has 304 valence electrons. The quantitative estimate of drug-likeness (QED) is 0.0390. The van der Waals surface area contributed by atoms with Crippen molar-refractivity contribution in [1.82, 2.24) is 16.0 Å². The van der Waals surface area contributed by atoms with E-state index in [1.807, 2.05) is 0 Å². The normalized spacial score (nSPS) is 11.6. The predicted octanol–water partition coefficient (Wildman–Crippen LogP) is 4.07. The van der Waals surface area contributed by atoms with Crippen LogP contribution < -0.4 is 21.7 Å². The summed E-state index contributed by atoms with van der Waals surface area (Å²) in [6.45, 7) is 2.05. The number of unbranched alkanes of at least 4 members (excludes halogenated alkanes) is 17. The van der Waals surface area contributed by atoms with E-state index >= 15 is 0 Å². The monoisotopic (exact) mass is 762 g/mol. The van der Waals surface area contributed by atoms with Crippen LogP contribution in [0.25, 0.3) is 0 Å². The van der Waals surface area contributed by atoms with Crippen molar-refractivity contribution in [2.75, 3.05) is 71.7 Å². The van der Waals surface area contributed by atoms with Crippen molar-refractivity contribution < 1.29 is 48.0 Å². The second-order valence-corrected chi connectivity index (χ2v) is 13.4. The highest BCUT2D eigenvalue weighted by Crippen LogP contribution is 2.15. The van der Waals surface area contributed by atoms with Crippen LogP contribution in [0.4, 0.5) is 0 Å². The molecular weight excluding hydrogens is 692 g/mol. The van der Waals surface area contributed by atoms with Crippen molar-refractivity contribution in [3.63, 3.8) is 0 Å². The molecule has 0 aromatic carbocycles. The molecule has 0 saturated heterocycles. The Morgan fingerprint density at radius 1 is 0.500 bits per heavy atom. The Kier molecular flexibility index (Phi) is 36.5. The maximum absolute atomic E-state index is 12.0. The number of carboxylic acid groups (broad SMARTS) is 1. The van der Waals surface area contributed by atoms with E-state index in [4.69, 9.17) is 29.8 Å². The number of rotatable bonds is 40. The van der Waals surface area contributed by atoms with E-state index in [0.717, 1.165) is 25.7 Å². The maximum atomic E-state index is 12.0. The van der Waals surface area contributed by atoms with Crippen molar-refractivity contribution >= 4 is 42.2 Å². The van der Waals surface area contributed by atoms with E-state index in [2.05, 4.69) is 28.6 Å². The molecule has 52 heavy (non-hydrogen) atoms. The van der Waals surface area contributed by atoms with E-state index in [9.17, 15) is 24.0 Å². The van der Waals surface area contributed by atoms with Gasteiger partial charge in [-0.05, 0) is 12.8 Å². The number of ether oxygens (including phenoxy) is 4. The second-order valence-electron chi connectivity index (χ2n) is 13.0. The first kappa shape index (κ1) is 49.5. The first-order valence-electron chi connectivity index (χ1n) is 19.5. The van der Waals surface area contributed by atoms with Crippen LogP contribution in [0.15, 0.2) is 0 Å². The van der Waals surface area contributed by atoms with E-state index in [0.29, 0.717) is 39.1 Å². The number of thiol groups is 1. The molecule has 1 atom stereocenters. The second kappa shape index (κ2) is 38.3. The van der Waals surface area contributed by atoms with Crippen LogP contribution in [0.1, 0.15) is 128 Å². The van der Waals surface area contributed by atoms with Gasteiger partial charge < -0.3 is 45.7 Å². The number of aliphatic carboxylic acids is 1. The molecule has 0 aromatic heterocycles. The van der Waals surface area contributed by atoms with Crippen molar-refractivity contribution in [2.24, 2.45) is 5.73 Å². The van der Waals surface area contributed by atoms with Crippen LogP contribution in [0.3, 0.4) is 0 Å². The number of hydrogen-bond donors (Lipinski definition) is 6. The third kappa shape index (κ3) is 37.3. The zero-order chi connectivity index (χ0) is 38.3. The lowest BCUT2D eigenvalue weighted by atomic mass is 10.0. The molecule has 0 rings (SSSR count). The SMILES string of the molecule is NC(=O)[C@H](CS)NC(=O)COCCOCCNC(=O)COCCOCCNC(=O)CCCCCCCCCCCCCCCCCCCCC(=O)O. The van der Waals surface area contributed by atoms with Gasteiger partial charge in [0.15, 0.2) is 0 Å². The molecule has 0 bridgehead atoms. The molecule has 0 aliphatic carbocycles. The lowest BCUT2D eigenvalue weighted by Crippen LogP contribution is -2.47. The first-order valence-corrected chi connectivity index (χ1v) is 20.1. The number of hydrogen-bond acceptors (Lipinski definition) is 10. The third-order valence-corrected chi connectivity index (χ3v) is 8.62. The number of nitrogens with two attached hydrogens (primary N) is 1. The van der Waals surface area contributed by atoms with Gasteiger partial charge in [0, 0.05) is 31.7 Å². The number of carbonyl (C=O) groups is 5. The summed E-state index contributed by atoms with van der Waals surface area (Å²) in [6.07, 6.45) is 22.7. The number of amides is 4. The number of carboxylic acids is 1. The molecule has 0 heterocycles. The van der Waals surface area contributed by atoms with E-state index in [1.165, 1.54) is 89.9 Å². The summed E-state index contributed by atoms with van der Waals surface area (Å²) >= 11 is 3.94. The Labute approximate surface area is 317 Å². The van der Waals surface area contributed by atoms with Gasteiger partial charge >= 0.3 is 5.97 Å². The lowest BCUT2D eigenvalue weighted by Gasteiger charge is -2.12. The summed E-state index contributed by atoms with van der Waals surface area (Å²) in [5.74, 6) is -1.95.